The van der Waals surface area contributed by atoms with Gasteiger partial charge in [-0.05, 0) is 73.0 Å². The van der Waals surface area contributed by atoms with Crippen molar-refractivity contribution in [3.63, 3.8) is 0 Å². The lowest BCUT2D eigenvalue weighted by Crippen LogP contribution is -2.37. The summed E-state index contributed by atoms with van der Waals surface area (Å²) in [5.41, 5.74) is -1.32. The van der Waals surface area contributed by atoms with E-state index in [9.17, 15) is 19.5 Å². The molecule has 0 bridgehead atoms. The molecule has 0 radical (unpaired) electrons. The van der Waals surface area contributed by atoms with Crippen LogP contribution in [0, 0.1) is 4.77 Å². The van der Waals surface area contributed by atoms with Crippen molar-refractivity contribution in [2.24, 2.45) is 0 Å². The summed E-state index contributed by atoms with van der Waals surface area (Å²) < 4.78 is 7.43. The fourth-order valence-electron chi connectivity index (χ4n) is 4.40. The van der Waals surface area contributed by atoms with Crippen molar-refractivity contribution in [2.75, 3.05) is 0 Å². The lowest BCUT2D eigenvalue weighted by molar-refractivity contribution is -0.120. The molecule has 2 rings (SSSR count). The number of carbonyl (C=O) groups excluding carboxylic acids is 2. The van der Waals surface area contributed by atoms with E-state index in [4.69, 9.17) is 12.2 Å². The zero-order chi connectivity index (χ0) is 26.6. The van der Waals surface area contributed by atoms with Crippen LogP contribution in [0.1, 0.15) is 86.5 Å². The largest absolute Gasteiger partial charge is 0.493 e. The number of aromatic hydroxyl groups is 1. The summed E-state index contributed by atoms with van der Waals surface area (Å²) in [7, 11) is 0. The molecule has 0 aromatic carbocycles. The number of nitrogens with zero attached hydrogens (tertiary/aromatic N) is 4. The van der Waals surface area contributed by atoms with Crippen LogP contribution in [-0.4, -0.2) is 34.9 Å². The molecule has 0 fully saturated rings. The van der Waals surface area contributed by atoms with E-state index >= 15 is 0 Å². The molecule has 2 heterocycles. The maximum absolute atomic E-state index is 12.5. The normalized spacial score (nSPS) is 12.3. The van der Waals surface area contributed by atoms with E-state index in [0.717, 1.165) is 11.6 Å². The third-order valence-electron chi connectivity index (χ3n) is 6.71. The fourth-order valence-corrected chi connectivity index (χ4v) is 5.50. The number of aryl methyl sites for hydroxylation is 2. The lowest BCUT2D eigenvalue weighted by atomic mass is 9.93. The van der Waals surface area contributed by atoms with Crippen LogP contribution in [0.25, 0.3) is 0 Å². The van der Waals surface area contributed by atoms with Gasteiger partial charge in [0.15, 0.2) is 4.77 Å². The van der Waals surface area contributed by atoms with Crippen LogP contribution in [0.15, 0.2) is 22.2 Å². The molecule has 0 saturated heterocycles. The van der Waals surface area contributed by atoms with Crippen LogP contribution >= 0.6 is 24.8 Å². The molecule has 0 atom stereocenters. The summed E-state index contributed by atoms with van der Waals surface area (Å²) in [6.45, 7) is 12.9. The van der Waals surface area contributed by atoms with Crippen molar-refractivity contribution >= 4 is 36.4 Å². The second kappa shape index (κ2) is 11.8. The third-order valence-corrected chi connectivity index (χ3v) is 7.44. The van der Waals surface area contributed by atoms with Crippen molar-refractivity contribution < 1.29 is 14.7 Å². The van der Waals surface area contributed by atoms with Gasteiger partial charge < -0.3 is 14.2 Å². The lowest BCUT2D eigenvalue weighted by Gasteiger charge is -2.27. The molecule has 0 aliphatic carbocycles. The first-order chi connectivity index (χ1) is 16.2. The maximum atomic E-state index is 12.5. The van der Waals surface area contributed by atoms with Gasteiger partial charge in [-0.25, -0.2) is 4.79 Å². The topological polar surface area (TPSA) is 91.2 Å². The minimum absolute atomic E-state index is 0.0561. The van der Waals surface area contributed by atoms with Gasteiger partial charge in [-0.15, -0.1) is 12.6 Å². The predicted octanol–water partition coefficient (Wildman–Crippen LogP) is 5.06. The zero-order valence-corrected chi connectivity index (χ0v) is 23.5. The van der Waals surface area contributed by atoms with E-state index in [0.29, 0.717) is 49.8 Å². The van der Waals surface area contributed by atoms with Crippen LogP contribution < -0.4 is 5.69 Å². The molecule has 8 nitrogen and oxygen atoms in total. The number of carbonyl (C=O) groups is 2. The Hall–Kier alpha value is -2.07. The first-order valence-electron chi connectivity index (χ1n) is 12.3. The average molecular weight is 525 g/mol. The van der Waals surface area contributed by atoms with Gasteiger partial charge in [-0.3, -0.25) is 18.7 Å². The number of rotatable bonds is 14. The van der Waals surface area contributed by atoms with Gasteiger partial charge in [0.25, 0.3) is 0 Å². The molecule has 10 heteroatoms. The van der Waals surface area contributed by atoms with Crippen molar-refractivity contribution in [3.05, 3.63) is 27.6 Å². The van der Waals surface area contributed by atoms with Crippen LogP contribution in [0.4, 0.5) is 0 Å². The molecule has 0 saturated carbocycles. The summed E-state index contributed by atoms with van der Waals surface area (Å²) >= 11 is 10.1. The monoisotopic (exact) mass is 524 g/mol. The molecule has 196 valence electrons. The molecular formula is C25H40N4O4S2. The van der Waals surface area contributed by atoms with Crippen molar-refractivity contribution in [1.29, 1.82) is 0 Å². The number of ketones is 2. The summed E-state index contributed by atoms with van der Waals surface area (Å²) in [5.74, 6) is 0.0896. The standard InChI is InChI=1S/C25H40N4O4S2/c1-7-26-16-20(32)28(22(26)33)24(3,4)14-12-18(30)10-9-11-19(31)13-15-25(5,6)29-21(34)17-27(8-2)23(29)35/h16-17,32,34H,7-15H2,1-6H3. The highest BCUT2D eigenvalue weighted by molar-refractivity contribution is 7.80. The van der Waals surface area contributed by atoms with E-state index in [1.807, 2.05) is 43.0 Å². The van der Waals surface area contributed by atoms with Crippen LogP contribution in [-0.2, 0) is 33.8 Å². The Morgan fingerprint density at radius 3 is 1.80 bits per heavy atom. The average Bonchev–Trinajstić information content (AvgIpc) is 3.24. The Bertz CT molecular complexity index is 1080. The minimum Gasteiger partial charge on any atom is -0.493 e. The Morgan fingerprint density at radius 2 is 1.37 bits per heavy atom. The molecule has 0 aliphatic rings. The van der Waals surface area contributed by atoms with E-state index in [1.54, 1.807) is 0 Å². The quantitative estimate of drug-likeness (QED) is 0.266. The SMILES string of the molecule is CCn1cc(O)n(C(C)(C)CCC(=O)CCCC(=O)CCC(C)(C)n2c(S)cn(CC)c2=S)c1=O. The smallest absolute Gasteiger partial charge is 0.331 e. The molecule has 0 amide bonds. The highest BCUT2D eigenvalue weighted by atomic mass is 32.1. The van der Waals surface area contributed by atoms with E-state index in [-0.39, 0.29) is 35.1 Å². The highest BCUT2D eigenvalue weighted by Crippen LogP contribution is 2.28. The first-order valence-corrected chi connectivity index (χ1v) is 13.2. The van der Waals surface area contributed by atoms with Crippen LogP contribution in [0.2, 0.25) is 0 Å². The molecule has 2 aromatic heterocycles. The molecule has 0 aliphatic heterocycles. The van der Waals surface area contributed by atoms with Gasteiger partial charge in [-0.2, -0.15) is 0 Å². The summed E-state index contributed by atoms with van der Waals surface area (Å²) in [4.78, 5) is 37.4. The Kier molecular flexibility index (Phi) is 9.81. The molecule has 2 aromatic rings. The second-order valence-electron chi connectivity index (χ2n) is 10.3. The van der Waals surface area contributed by atoms with Gasteiger partial charge in [-0.1, -0.05) is 0 Å². The van der Waals surface area contributed by atoms with Gasteiger partial charge >= 0.3 is 5.69 Å². The van der Waals surface area contributed by atoms with Crippen molar-refractivity contribution in [1.82, 2.24) is 18.3 Å². The predicted molar refractivity (Wildman–Crippen MR) is 143 cm³/mol. The molecular weight excluding hydrogens is 484 g/mol. The Balaban J connectivity index is 1.82. The first kappa shape index (κ1) is 29.2. The summed E-state index contributed by atoms with van der Waals surface area (Å²) in [6, 6.07) is 0. The molecule has 1 N–H and O–H groups in total. The number of thiol groups is 1. The van der Waals surface area contributed by atoms with Gasteiger partial charge in [0.2, 0.25) is 5.88 Å². The zero-order valence-electron chi connectivity index (χ0n) is 21.8. The maximum Gasteiger partial charge on any atom is 0.331 e. The number of hydrogen-bond donors (Lipinski definition) is 2. The minimum atomic E-state index is -0.692. The second-order valence-corrected chi connectivity index (χ2v) is 11.2. The van der Waals surface area contributed by atoms with Gasteiger partial charge in [0.05, 0.1) is 11.2 Å². The van der Waals surface area contributed by atoms with Gasteiger partial charge in [0, 0.05) is 56.0 Å². The van der Waals surface area contributed by atoms with Crippen molar-refractivity contribution in [3.8, 4) is 5.88 Å². The van der Waals surface area contributed by atoms with E-state index < -0.39 is 5.54 Å². The Labute approximate surface area is 218 Å². The summed E-state index contributed by atoms with van der Waals surface area (Å²) in [5, 5.41) is 11.0. The summed E-state index contributed by atoms with van der Waals surface area (Å²) in [6.07, 6.45) is 6.30. The van der Waals surface area contributed by atoms with Gasteiger partial charge in [0.1, 0.15) is 11.6 Å². The van der Waals surface area contributed by atoms with Crippen molar-refractivity contribution in [2.45, 2.75) is 116 Å². The molecule has 35 heavy (non-hydrogen) atoms. The van der Waals surface area contributed by atoms with E-state index in [1.165, 1.54) is 15.3 Å². The van der Waals surface area contributed by atoms with Crippen LogP contribution in [0.5, 0.6) is 5.88 Å². The number of imidazole rings is 2. The highest BCUT2D eigenvalue weighted by Gasteiger charge is 2.28. The molecule has 0 unspecified atom stereocenters. The number of hydrogen-bond acceptors (Lipinski definition) is 6. The number of Topliss-reactive ketones (excluding diaryl/α,β-unsaturated/α-hetero) is 2. The third kappa shape index (κ3) is 7.00. The molecule has 0 spiro atoms. The Morgan fingerprint density at radius 1 is 0.886 bits per heavy atom. The van der Waals surface area contributed by atoms with Crippen LogP contribution in [0.3, 0.4) is 0 Å². The number of aromatic nitrogens is 4. The fraction of sp³-hybridized carbons (Fsp3) is 0.680. The van der Waals surface area contributed by atoms with E-state index in [2.05, 4.69) is 26.5 Å².